The Morgan fingerprint density at radius 3 is 1.72 bits per heavy atom. The molecule has 0 rings (SSSR count). The standard InChI is InChI=1S/C44H77O9P/c1-4-5-34-41(45)35-30-26-22-18-14-11-12-15-19-23-27-31-36-43(46)51-38-42(39-52-54(48,49)50)53-44(47)37-32-28-24-20-16-10-8-6-7-9-13-17-21-25-29-33-40(2)3/h5,11-12,18-19,22-23,26,30,34,40-42,45H,4,6-10,13-17,20-21,24-25,27-29,31-33,35-39H2,1-3H3,(H2,48,49,50)/b12-11-,22-18-,23-19-,30-26+,34-5-/t41?,42-/m1/s1. The van der Waals surface area contributed by atoms with Gasteiger partial charge in [0, 0.05) is 12.8 Å². The molecule has 0 saturated carbocycles. The summed E-state index contributed by atoms with van der Waals surface area (Å²) in [6, 6.07) is 0. The van der Waals surface area contributed by atoms with Crippen LogP contribution in [0.3, 0.4) is 0 Å². The van der Waals surface area contributed by atoms with Gasteiger partial charge in [0.2, 0.25) is 0 Å². The third-order valence-electron chi connectivity index (χ3n) is 8.80. The Morgan fingerprint density at radius 1 is 0.630 bits per heavy atom. The molecule has 0 aromatic carbocycles. The molecule has 312 valence electrons. The number of aliphatic hydroxyl groups excluding tert-OH is 1. The van der Waals surface area contributed by atoms with Crippen LogP contribution in [0.4, 0.5) is 0 Å². The predicted molar refractivity (Wildman–Crippen MR) is 222 cm³/mol. The van der Waals surface area contributed by atoms with Crippen molar-refractivity contribution in [3.63, 3.8) is 0 Å². The number of unbranched alkanes of at least 4 members (excludes halogenated alkanes) is 15. The quantitative estimate of drug-likeness (QED) is 0.0185. The van der Waals surface area contributed by atoms with Crippen LogP contribution in [0.5, 0.6) is 0 Å². The van der Waals surface area contributed by atoms with Gasteiger partial charge >= 0.3 is 19.8 Å². The minimum atomic E-state index is -4.78. The second-order valence-electron chi connectivity index (χ2n) is 14.6. The number of hydrogen-bond acceptors (Lipinski definition) is 7. The van der Waals surface area contributed by atoms with Gasteiger partial charge in [-0.25, -0.2) is 4.57 Å². The SMILES string of the molecule is CC/C=C\C(O)C/C=C/C=C\C/C=C\C/C=C\CCCC(=O)OC[C@H](COP(=O)(O)O)OC(=O)CCCCCCCCCCCCCCCCCC(C)C. The summed E-state index contributed by atoms with van der Waals surface area (Å²) in [5, 5.41) is 9.74. The summed E-state index contributed by atoms with van der Waals surface area (Å²) in [6.45, 7) is 5.74. The monoisotopic (exact) mass is 781 g/mol. The second kappa shape index (κ2) is 37.6. The molecule has 0 heterocycles. The minimum absolute atomic E-state index is 0.170. The van der Waals surface area contributed by atoms with E-state index in [-0.39, 0.29) is 19.4 Å². The summed E-state index contributed by atoms with van der Waals surface area (Å²) in [7, 11) is -4.78. The van der Waals surface area contributed by atoms with E-state index >= 15 is 0 Å². The first-order chi connectivity index (χ1) is 26.0. The Labute approximate surface area is 329 Å². The van der Waals surface area contributed by atoms with Gasteiger partial charge in [0.15, 0.2) is 6.10 Å². The number of phosphoric ester groups is 1. The van der Waals surface area contributed by atoms with Gasteiger partial charge in [-0.2, -0.15) is 0 Å². The van der Waals surface area contributed by atoms with E-state index in [4.69, 9.17) is 19.3 Å². The molecule has 0 bridgehead atoms. The van der Waals surface area contributed by atoms with Crippen molar-refractivity contribution >= 4 is 19.8 Å². The van der Waals surface area contributed by atoms with Gasteiger partial charge in [-0.3, -0.25) is 14.1 Å². The summed E-state index contributed by atoms with van der Waals surface area (Å²) >= 11 is 0. The molecule has 54 heavy (non-hydrogen) atoms. The molecule has 0 aliphatic carbocycles. The molecule has 9 nitrogen and oxygen atoms in total. The summed E-state index contributed by atoms with van der Waals surface area (Å²) in [4.78, 5) is 42.8. The molecule has 0 fully saturated rings. The first-order valence-corrected chi connectivity index (χ1v) is 22.6. The molecule has 0 radical (unpaired) electrons. The van der Waals surface area contributed by atoms with Crippen LogP contribution in [0.25, 0.3) is 0 Å². The minimum Gasteiger partial charge on any atom is -0.462 e. The van der Waals surface area contributed by atoms with Crippen molar-refractivity contribution in [3.05, 3.63) is 60.8 Å². The topological polar surface area (TPSA) is 140 Å². The third-order valence-corrected chi connectivity index (χ3v) is 9.29. The number of carbonyl (C=O) groups is 2. The van der Waals surface area contributed by atoms with Crippen molar-refractivity contribution in [1.82, 2.24) is 0 Å². The summed E-state index contributed by atoms with van der Waals surface area (Å²) in [5.41, 5.74) is 0. The van der Waals surface area contributed by atoms with Gasteiger partial charge in [0.25, 0.3) is 0 Å². The van der Waals surface area contributed by atoms with Gasteiger partial charge < -0.3 is 24.4 Å². The molecular weight excluding hydrogens is 703 g/mol. The molecule has 3 N–H and O–H groups in total. The molecular formula is C44H77O9P. The smallest absolute Gasteiger partial charge is 0.462 e. The highest BCUT2D eigenvalue weighted by Gasteiger charge is 2.22. The Kier molecular flexibility index (Phi) is 36.0. The molecule has 1 unspecified atom stereocenters. The van der Waals surface area contributed by atoms with Crippen molar-refractivity contribution in [1.29, 1.82) is 0 Å². The van der Waals surface area contributed by atoms with Crippen LogP contribution in [-0.4, -0.2) is 52.3 Å². The first-order valence-electron chi connectivity index (χ1n) is 21.0. The molecule has 0 aromatic rings. The first kappa shape index (κ1) is 51.7. The molecule has 0 aromatic heterocycles. The van der Waals surface area contributed by atoms with Gasteiger partial charge in [-0.1, -0.05) is 178 Å². The fourth-order valence-corrected chi connectivity index (χ4v) is 6.03. The maximum absolute atomic E-state index is 12.4. The molecule has 10 heteroatoms. The molecule has 0 amide bonds. The van der Waals surface area contributed by atoms with E-state index in [1.54, 1.807) is 0 Å². The number of ether oxygens (including phenoxy) is 2. The van der Waals surface area contributed by atoms with Crippen LogP contribution in [0.1, 0.15) is 175 Å². The maximum atomic E-state index is 12.4. The van der Waals surface area contributed by atoms with E-state index in [1.165, 1.54) is 77.0 Å². The van der Waals surface area contributed by atoms with Crippen LogP contribution in [0.2, 0.25) is 0 Å². The van der Waals surface area contributed by atoms with E-state index in [0.29, 0.717) is 25.7 Å². The van der Waals surface area contributed by atoms with Crippen LogP contribution in [-0.2, 0) is 28.2 Å². The lowest BCUT2D eigenvalue weighted by Crippen LogP contribution is -2.29. The van der Waals surface area contributed by atoms with E-state index in [2.05, 4.69) is 30.5 Å². The Bertz CT molecular complexity index is 1090. The van der Waals surface area contributed by atoms with Gasteiger partial charge in [-0.15, -0.1) is 0 Å². The number of allylic oxidation sites excluding steroid dienone is 8. The van der Waals surface area contributed by atoms with Crippen molar-refractivity contribution in [2.24, 2.45) is 5.92 Å². The number of rotatable bonds is 37. The van der Waals surface area contributed by atoms with E-state index in [1.807, 2.05) is 55.5 Å². The predicted octanol–water partition coefficient (Wildman–Crippen LogP) is 11.7. The van der Waals surface area contributed by atoms with E-state index < -0.39 is 38.6 Å². The fraction of sp³-hybridized carbons (Fsp3) is 0.727. The largest absolute Gasteiger partial charge is 0.469 e. The van der Waals surface area contributed by atoms with Crippen molar-refractivity contribution < 1.29 is 43.0 Å². The third kappa shape index (κ3) is 40.9. The molecule has 0 saturated heterocycles. The molecule has 0 aliphatic rings. The Hall–Kier alpha value is -2.29. The fourth-order valence-electron chi connectivity index (χ4n) is 5.67. The van der Waals surface area contributed by atoms with Crippen molar-refractivity contribution in [3.8, 4) is 0 Å². The Morgan fingerprint density at radius 2 is 1.15 bits per heavy atom. The number of aliphatic hydroxyl groups is 1. The lowest BCUT2D eigenvalue weighted by Gasteiger charge is -2.18. The average molecular weight is 781 g/mol. The molecule has 2 atom stereocenters. The average Bonchev–Trinajstić information content (AvgIpc) is 3.12. The lowest BCUT2D eigenvalue weighted by molar-refractivity contribution is -0.161. The summed E-state index contributed by atoms with van der Waals surface area (Å²) < 4.78 is 26.3. The molecule has 0 spiro atoms. The number of phosphoric acid groups is 1. The molecule has 0 aliphatic heterocycles. The van der Waals surface area contributed by atoms with Crippen LogP contribution < -0.4 is 0 Å². The summed E-state index contributed by atoms with van der Waals surface area (Å²) in [6.07, 6.45) is 42.9. The number of carbonyl (C=O) groups excluding carboxylic acids is 2. The number of esters is 2. The van der Waals surface area contributed by atoms with Crippen LogP contribution >= 0.6 is 7.82 Å². The normalized spacial score (nSPS) is 13.8. The van der Waals surface area contributed by atoms with Gasteiger partial charge in [0.1, 0.15) is 6.61 Å². The van der Waals surface area contributed by atoms with Crippen LogP contribution in [0.15, 0.2) is 60.8 Å². The number of hydrogen-bond donors (Lipinski definition) is 3. The van der Waals surface area contributed by atoms with E-state index in [9.17, 15) is 19.3 Å². The van der Waals surface area contributed by atoms with Gasteiger partial charge in [-0.05, 0) is 50.9 Å². The van der Waals surface area contributed by atoms with E-state index in [0.717, 1.165) is 44.4 Å². The zero-order valence-electron chi connectivity index (χ0n) is 34.1. The highest BCUT2D eigenvalue weighted by molar-refractivity contribution is 7.46. The highest BCUT2D eigenvalue weighted by Crippen LogP contribution is 2.36. The van der Waals surface area contributed by atoms with Crippen LogP contribution in [0, 0.1) is 5.92 Å². The zero-order valence-corrected chi connectivity index (χ0v) is 35.0. The van der Waals surface area contributed by atoms with Crippen molar-refractivity contribution in [2.75, 3.05) is 13.2 Å². The Balaban J connectivity index is 4.03. The second-order valence-corrected chi connectivity index (χ2v) is 15.9. The van der Waals surface area contributed by atoms with Crippen molar-refractivity contribution in [2.45, 2.75) is 187 Å². The maximum Gasteiger partial charge on any atom is 0.469 e. The highest BCUT2D eigenvalue weighted by atomic mass is 31.2. The van der Waals surface area contributed by atoms with Gasteiger partial charge in [0.05, 0.1) is 12.7 Å². The lowest BCUT2D eigenvalue weighted by atomic mass is 10.0. The summed E-state index contributed by atoms with van der Waals surface area (Å²) in [5.74, 6) is -0.147. The zero-order chi connectivity index (χ0) is 40.0.